The van der Waals surface area contributed by atoms with Crippen molar-refractivity contribution in [3.63, 3.8) is 0 Å². The van der Waals surface area contributed by atoms with Crippen LogP contribution in [0.1, 0.15) is 59.2 Å². The van der Waals surface area contributed by atoms with Crippen LogP contribution in [0.5, 0.6) is 0 Å². The molecule has 2 unspecified atom stereocenters. The van der Waals surface area contributed by atoms with Gasteiger partial charge >= 0.3 is 0 Å². The third kappa shape index (κ3) is 4.39. The fraction of sp³-hybridized carbons (Fsp3) is 0.333. The Morgan fingerprint density at radius 1 is 1.22 bits per heavy atom. The second-order valence-electron chi connectivity index (χ2n) is 8.43. The van der Waals surface area contributed by atoms with Crippen LogP contribution in [-0.4, -0.2) is 34.6 Å². The van der Waals surface area contributed by atoms with E-state index in [1.807, 2.05) is 38.1 Å². The van der Waals surface area contributed by atoms with Crippen LogP contribution in [-0.2, 0) is 20.9 Å². The SMILES string of the molecule is Cc1ccc(NC(=O)CC(C)c2ccc3c(c2)C(=O)N(C2CCC(=O)NC2=O)C3)cc1Cl. The molecule has 2 aromatic carbocycles. The van der Waals surface area contributed by atoms with Gasteiger partial charge in [-0.1, -0.05) is 36.7 Å². The van der Waals surface area contributed by atoms with Crippen LogP contribution in [0, 0.1) is 6.92 Å². The maximum absolute atomic E-state index is 13.0. The Balaban J connectivity index is 1.43. The van der Waals surface area contributed by atoms with Gasteiger partial charge in [-0.15, -0.1) is 0 Å². The number of benzene rings is 2. The average Bonchev–Trinajstić information content (AvgIpc) is 3.06. The van der Waals surface area contributed by atoms with E-state index in [9.17, 15) is 19.2 Å². The van der Waals surface area contributed by atoms with Crippen molar-refractivity contribution in [3.8, 4) is 0 Å². The smallest absolute Gasteiger partial charge is 0.255 e. The molecule has 0 bridgehead atoms. The molecule has 4 rings (SSSR count). The standard InChI is InChI=1S/C24H24ClN3O4/c1-13-3-6-17(11-19(13)25)26-22(30)9-14(2)15-4-5-16-12-28(24(32)18(16)10-15)20-7-8-21(29)27-23(20)31/h3-6,10-11,14,20H,7-9,12H2,1-2H3,(H,26,30)(H,27,29,31). The van der Waals surface area contributed by atoms with Gasteiger partial charge in [0.05, 0.1) is 0 Å². The summed E-state index contributed by atoms with van der Waals surface area (Å²) in [5.74, 6) is -1.21. The van der Waals surface area contributed by atoms with Crippen LogP contribution in [0.2, 0.25) is 5.02 Å². The van der Waals surface area contributed by atoms with Crippen molar-refractivity contribution in [2.24, 2.45) is 0 Å². The molecule has 0 spiro atoms. The van der Waals surface area contributed by atoms with E-state index < -0.39 is 11.9 Å². The molecule has 0 radical (unpaired) electrons. The summed E-state index contributed by atoms with van der Waals surface area (Å²) in [6.45, 7) is 4.16. The fourth-order valence-electron chi connectivity index (χ4n) is 4.16. The maximum atomic E-state index is 13.0. The van der Waals surface area contributed by atoms with Crippen molar-refractivity contribution in [2.75, 3.05) is 5.32 Å². The van der Waals surface area contributed by atoms with Gasteiger partial charge in [-0.25, -0.2) is 0 Å². The van der Waals surface area contributed by atoms with Crippen LogP contribution in [0.25, 0.3) is 0 Å². The number of carbonyl (C=O) groups excluding carboxylic acids is 4. The van der Waals surface area contributed by atoms with Crippen molar-refractivity contribution < 1.29 is 19.2 Å². The van der Waals surface area contributed by atoms with Crippen molar-refractivity contribution in [3.05, 3.63) is 63.7 Å². The van der Waals surface area contributed by atoms with Gasteiger partial charge in [-0.2, -0.15) is 0 Å². The number of amides is 4. The molecule has 4 amide bonds. The second-order valence-corrected chi connectivity index (χ2v) is 8.84. The van der Waals surface area contributed by atoms with E-state index in [1.54, 1.807) is 12.1 Å². The van der Waals surface area contributed by atoms with Gasteiger partial charge in [0, 0.05) is 35.7 Å². The first-order valence-corrected chi connectivity index (χ1v) is 10.9. The predicted octanol–water partition coefficient (Wildman–Crippen LogP) is 3.54. The van der Waals surface area contributed by atoms with E-state index in [-0.39, 0.29) is 36.5 Å². The normalized spacial score (nSPS) is 18.9. The zero-order valence-electron chi connectivity index (χ0n) is 17.9. The first kappa shape index (κ1) is 22.0. The molecule has 0 aliphatic carbocycles. The van der Waals surface area contributed by atoms with E-state index >= 15 is 0 Å². The molecule has 1 fully saturated rings. The molecule has 166 valence electrons. The van der Waals surface area contributed by atoms with Crippen LogP contribution >= 0.6 is 11.6 Å². The summed E-state index contributed by atoms with van der Waals surface area (Å²) in [7, 11) is 0. The van der Waals surface area contributed by atoms with E-state index in [4.69, 9.17) is 11.6 Å². The van der Waals surface area contributed by atoms with Gasteiger partial charge < -0.3 is 10.2 Å². The van der Waals surface area contributed by atoms with Crippen molar-refractivity contribution in [1.29, 1.82) is 0 Å². The lowest BCUT2D eigenvalue weighted by Gasteiger charge is -2.29. The minimum absolute atomic E-state index is 0.112. The molecule has 32 heavy (non-hydrogen) atoms. The number of aryl methyl sites for hydroxylation is 1. The summed E-state index contributed by atoms with van der Waals surface area (Å²) in [5.41, 5.74) is 3.84. The molecular weight excluding hydrogens is 430 g/mol. The first-order valence-electron chi connectivity index (χ1n) is 10.6. The number of nitrogens with one attached hydrogen (secondary N) is 2. The third-order valence-corrected chi connectivity index (χ3v) is 6.48. The number of fused-ring (bicyclic) bond motifs is 1. The Bertz CT molecular complexity index is 1130. The maximum Gasteiger partial charge on any atom is 0.255 e. The van der Waals surface area contributed by atoms with E-state index in [0.29, 0.717) is 29.2 Å². The molecule has 2 N–H and O–H groups in total. The Kier molecular flexibility index (Phi) is 6.02. The average molecular weight is 454 g/mol. The van der Waals surface area contributed by atoms with Crippen molar-refractivity contribution >= 4 is 40.9 Å². The summed E-state index contributed by atoms with van der Waals surface area (Å²) in [4.78, 5) is 50.6. The highest BCUT2D eigenvalue weighted by molar-refractivity contribution is 6.31. The molecule has 7 nitrogen and oxygen atoms in total. The highest BCUT2D eigenvalue weighted by Gasteiger charge is 2.39. The molecule has 8 heteroatoms. The van der Waals surface area contributed by atoms with Gasteiger partial charge in [-0.3, -0.25) is 24.5 Å². The number of hydrogen-bond acceptors (Lipinski definition) is 4. The molecule has 0 saturated carbocycles. The lowest BCUT2D eigenvalue weighted by Crippen LogP contribution is -2.52. The molecule has 2 atom stereocenters. The largest absolute Gasteiger partial charge is 0.326 e. The lowest BCUT2D eigenvalue weighted by molar-refractivity contribution is -0.137. The predicted molar refractivity (Wildman–Crippen MR) is 120 cm³/mol. The van der Waals surface area contributed by atoms with Crippen LogP contribution in [0.15, 0.2) is 36.4 Å². The van der Waals surface area contributed by atoms with Crippen molar-refractivity contribution in [2.45, 2.75) is 51.6 Å². The number of piperidine rings is 1. The van der Waals surface area contributed by atoms with Gasteiger partial charge in [-0.05, 0) is 54.2 Å². The zero-order chi connectivity index (χ0) is 23.0. The Morgan fingerprint density at radius 2 is 2.00 bits per heavy atom. The Morgan fingerprint density at radius 3 is 2.72 bits per heavy atom. The number of hydrogen-bond donors (Lipinski definition) is 2. The molecule has 1 saturated heterocycles. The summed E-state index contributed by atoms with van der Waals surface area (Å²) < 4.78 is 0. The van der Waals surface area contributed by atoms with E-state index in [2.05, 4.69) is 10.6 Å². The van der Waals surface area contributed by atoms with E-state index in [1.165, 1.54) is 4.90 Å². The topological polar surface area (TPSA) is 95.6 Å². The minimum atomic E-state index is -0.638. The Labute approximate surface area is 191 Å². The van der Waals surface area contributed by atoms with E-state index in [0.717, 1.165) is 16.7 Å². The third-order valence-electron chi connectivity index (χ3n) is 6.07. The summed E-state index contributed by atoms with van der Waals surface area (Å²) in [5, 5.41) is 5.76. The lowest BCUT2D eigenvalue weighted by atomic mass is 9.94. The first-order chi connectivity index (χ1) is 15.2. The summed E-state index contributed by atoms with van der Waals surface area (Å²) in [6.07, 6.45) is 0.798. The van der Waals surface area contributed by atoms with Crippen LogP contribution in [0.3, 0.4) is 0 Å². The quantitative estimate of drug-likeness (QED) is 0.677. The van der Waals surface area contributed by atoms with Gasteiger partial charge in [0.25, 0.3) is 5.91 Å². The molecule has 2 heterocycles. The number of halogens is 1. The molecule has 0 aromatic heterocycles. The molecule has 2 aliphatic rings. The van der Waals surface area contributed by atoms with Gasteiger partial charge in [0.1, 0.15) is 6.04 Å². The second kappa shape index (κ2) is 8.74. The highest BCUT2D eigenvalue weighted by Crippen LogP contribution is 2.31. The van der Waals surface area contributed by atoms with Gasteiger partial charge in [0.15, 0.2) is 0 Å². The molecular formula is C24H24ClN3O4. The highest BCUT2D eigenvalue weighted by atomic mass is 35.5. The summed E-state index contributed by atoms with van der Waals surface area (Å²) >= 11 is 6.12. The number of nitrogens with zero attached hydrogens (tertiary/aromatic N) is 1. The van der Waals surface area contributed by atoms with Crippen LogP contribution in [0.4, 0.5) is 5.69 Å². The minimum Gasteiger partial charge on any atom is -0.326 e. The molecule has 2 aliphatic heterocycles. The Hall–Kier alpha value is -3.19. The van der Waals surface area contributed by atoms with Crippen molar-refractivity contribution in [1.82, 2.24) is 10.2 Å². The summed E-state index contributed by atoms with van der Waals surface area (Å²) in [6, 6.07) is 10.3. The molecule has 2 aromatic rings. The number of carbonyl (C=O) groups is 4. The number of anilines is 1. The monoisotopic (exact) mass is 453 g/mol. The van der Waals surface area contributed by atoms with Gasteiger partial charge in [0.2, 0.25) is 17.7 Å². The zero-order valence-corrected chi connectivity index (χ0v) is 18.7. The fourth-order valence-corrected chi connectivity index (χ4v) is 4.34. The number of imide groups is 1. The van der Waals surface area contributed by atoms with Crippen LogP contribution < -0.4 is 10.6 Å². The number of rotatable bonds is 5.